The highest BCUT2D eigenvalue weighted by Crippen LogP contribution is 2.30. The molecule has 0 atom stereocenters. The molecule has 1 aromatic carbocycles. The number of aromatic nitrogens is 2. The van der Waals surface area contributed by atoms with Gasteiger partial charge in [0.1, 0.15) is 11.5 Å². The van der Waals surface area contributed by atoms with Gasteiger partial charge in [0.15, 0.2) is 5.96 Å². The quantitative estimate of drug-likeness (QED) is 0.294. The molecular weight excluding hydrogens is 493 g/mol. The van der Waals surface area contributed by atoms with Gasteiger partial charge in [-0.1, -0.05) is 0 Å². The minimum Gasteiger partial charge on any atom is -0.497 e. The van der Waals surface area contributed by atoms with Gasteiger partial charge in [-0.15, -0.1) is 24.0 Å². The molecule has 1 saturated carbocycles. The summed E-state index contributed by atoms with van der Waals surface area (Å²) < 4.78 is 13.6. The number of halogens is 1. The van der Waals surface area contributed by atoms with Crippen LogP contribution in [-0.2, 0) is 13.1 Å². The van der Waals surface area contributed by atoms with Crippen LogP contribution < -0.4 is 20.1 Å². The highest BCUT2D eigenvalue weighted by molar-refractivity contribution is 14.0. The fourth-order valence-electron chi connectivity index (χ4n) is 3.47. The number of hydrogen-bond donors (Lipinski definition) is 2. The lowest BCUT2D eigenvalue weighted by Gasteiger charge is -2.17. The Bertz CT molecular complexity index is 803. The van der Waals surface area contributed by atoms with Gasteiger partial charge < -0.3 is 20.1 Å². The van der Waals surface area contributed by atoms with Crippen LogP contribution in [0.1, 0.15) is 43.7 Å². The van der Waals surface area contributed by atoms with Crippen molar-refractivity contribution in [3.8, 4) is 11.5 Å². The molecule has 3 rings (SSSR count). The topological polar surface area (TPSA) is 72.7 Å². The van der Waals surface area contributed by atoms with Crippen LogP contribution in [0, 0.1) is 6.92 Å². The lowest BCUT2D eigenvalue weighted by Crippen LogP contribution is -2.38. The smallest absolute Gasteiger partial charge is 0.191 e. The lowest BCUT2D eigenvalue weighted by atomic mass is 10.2. The SMILES string of the molecule is CCNC(=NCc1ccc(OC)cc1OC1CCCC1)NCCn1cc(C)cn1.I. The Morgan fingerprint density at radius 2 is 2.07 bits per heavy atom. The highest BCUT2D eigenvalue weighted by Gasteiger charge is 2.18. The van der Waals surface area contributed by atoms with Crippen molar-refractivity contribution in [2.45, 2.75) is 58.7 Å². The minimum atomic E-state index is 0. The summed E-state index contributed by atoms with van der Waals surface area (Å²) in [5.41, 5.74) is 2.23. The molecule has 8 heteroatoms. The van der Waals surface area contributed by atoms with Crippen molar-refractivity contribution < 1.29 is 9.47 Å². The maximum atomic E-state index is 6.28. The van der Waals surface area contributed by atoms with E-state index in [0.29, 0.717) is 12.6 Å². The van der Waals surface area contributed by atoms with E-state index in [9.17, 15) is 0 Å². The fraction of sp³-hybridized carbons (Fsp3) is 0.545. The van der Waals surface area contributed by atoms with E-state index in [0.717, 1.165) is 55.5 Å². The van der Waals surface area contributed by atoms with E-state index in [1.54, 1.807) is 7.11 Å². The highest BCUT2D eigenvalue weighted by atomic mass is 127. The first-order valence-corrected chi connectivity index (χ1v) is 10.5. The number of methoxy groups -OCH3 is 1. The van der Waals surface area contributed by atoms with E-state index < -0.39 is 0 Å². The van der Waals surface area contributed by atoms with Crippen molar-refractivity contribution in [2.24, 2.45) is 4.99 Å². The van der Waals surface area contributed by atoms with Crippen LogP contribution in [0.2, 0.25) is 0 Å². The summed E-state index contributed by atoms with van der Waals surface area (Å²) in [7, 11) is 1.68. The number of aliphatic imine (C=N–C) groups is 1. The number of aryl methyl sites for hydroxylation is 1. The van der Waals surface area contributed by atoms with Gasteiger partial charge in [-0.25, -0.2) is 4.99 Å². The summed E-state index contributed by atoms with van der Waals surface area (Å²) >= 11 is 0. The maximum Gasteiger partial charge on any atom is 0.191 e. The molecule has 166 valence electrons. The summed E-state index contributed by atoms with van der Waals surface area (Å²) in [4.78, 5) is 4.75. The van der Waals surface area contributed by atoms with Crippen molar-refractivity contribution in [1.82, 2.24) is 20.4 Å². The van der Waals surface area contributed by atoms with Gasteiger partial charge in [-0.2, -0.15) is 5.10 Å². The van der Waals surface area contributed by atoms with Gasteiger partial charge in [0.25, 0.3) is 0 Å². The number of hydrogen-bond acceptors (Lipinski definition) is 4. The van der Waals surface area contributed by atoms with Crippen LogP contribution in [0.15, 0.2) is 35.6 Å². The van der Waals surface area contributed by atoms with Gasteiger partial charge in [0.05, 0.1) is 32.5 Å². The van der Waals surface area contributed by atoms with Crippen LogP contribution in [0.4, 0.5) is 0 Å². The summed E-state index contributed by atoms with van der Waals surface area (Å²) in [5, 5.41) is 11.0. The van der Waals surface area contributed by atoms with Crippen LogP contribution in [0.5, 0.6) is 11.5 Å². The van der Waals surface area contributed by atoms with Gasteiger partial charge in [0.2, 0.25) is 0 Å². The number of nitrogens with zero attached hydrogens (tertiary/aromatic N) is 3. The van der Waals surface area contributed by atoms with E-state index in [-0.39, 0.29) is 24.0 Å². The zero-order valence-electron chi connectivity index (χ0n) is 18.2. The second-order valence-corrected chi connectivity index (χ2v) is 7.40. The molecule has 0 saturated heterocycles. The molecule has 1 heterocycles. The standard InChI is InChI=1S/C22H33N5O2.HI/c1-4-23-22(24-11-12-27-16-17(2)14-26-27)25-15-18-9-10-20(28-3)13-21(18)29-19-7-5-6-8-19;/h9-10,13-14,16,19H,4-8,11-12,15H2,1-3H3,(H2,23,24,25);1H. The Labute approximate surface area is 196 Å². The molecule has 0 spiro atoms. The minimum absolute atomic E-state index is 0. The maximum absolute atomic E-state index is 6.28. The summed E-state index contributed by atoms with van der Waals surface area (Å²) in [6, 6.07) is 5.99. The first-order chi connectivity index (χ1) is 14.2. The predicted octanol–water partition coefficient (Wildman–Crippen LogP) is 3.89. The number of nitrogens with one attached hydrogen (secondary N) is 2. The third-order valence-corrected chi connectivity index (χ3v) is 5.02. The van der Waals surface area contributed by atoms with Crippen LogP contribution >= 0.6 is 24.0 Å². The van der Waals surface area contributed by atoms with Crippen molar-refractivity contribution in [3.63, 3.8) is 0 Å². The van der Waals surface area contributed by atoms with Crippen molar-refractivity contribution in [2.75, 3.05) is 20.2 Å². The molecule has 1 aromatic heterocycles. The average Bonchev–Trinajstić information content (AvgIpc) is 3.38. The molecule has 1 aliphatic rings. The molecule has 0 unspecified atom stereocenters. The molecule has 0 aliphatic heterocycles. The first kappa shape index (κ1) is 24.3. The third-order valence-electron chi connectivity index (χ3n) is 5.02. The predicted molar refractivity (Wildman–Crippen MR) is 131 cm³/mol. The molecule has 30 heavy (non-hydrogen) atoms. The van der Waals surface area contributed by atoms with Gasteiger partial charge in [0, 0.05) is 30.9 Å². The Balaban J connectivity index is 0.00000320. The molecule has 1 aliphatic carbocycles. The Morgan fingerprint density at radius 3 is 2.73 bits per heavy atom. The van der Waals surface area contributed by atoms with E-state index in [2.05, 4.69) is 22.7 Å². The summed E-state index contributed by atoms with van der Waals surface area (Å²) in [6.45, 7) is 7.00. The number of ether oxygens (including phenoxy) is 2. The molecule has 0 amide bonds. The largest absolute Gasteiger partial charge is 0.497 e. The molecule has 2 N–H and O–H groups in total. The average molecular weight is 527 g/mol. The Morgan fingerprint density at radius 1 is 1.27 bits per heavy atom. The Hall–Kier alpha value is -1.97. The zero-order chi connectivity index (χ0) is 20.5. The van der Waals surface area contributed by atoms with Crippen molar-refractivity contribution in [1.29, 1.82) is 0 Å². The normalized spacial score (nSPS) is 14.3. The van der Waals surface area contributed by atoms with E-state index in [1.807, 2.05) is 42.2 Å². The molecule has 0 bridgehead atoms. The monoisotopic (exact) mass is 527 g/mol. The van der Waals surface area contributed by atoms with E-state index in [4.69, 9.17) is 14.5 Å². The summed E-state index contributed by atoms with van der Waals surface area (Å²) in [5.74, 6) is 2.48. The number of benzene rings is 1. The fourth-order valence-corrected chi connectivity index (χ4v) is 3.47. The van der Waals surface area contributed by atoms with Gasteiger partial charge in [-0.05, 0) is 57.2 Å². The van der Waals surface area contributed by atoms with Crippen LogP contribution in [0.25, 0.3) is 0 Å². The number of rotatable bonds is 9. The van der Waals surface area contributed by atoms with Crippen LogP contribution in [-0.4, -0.2) is 42.0 Å². The zero-order valence-corrected chi connectivity index (χ0v) is 20.5. The molecule has 1 fully saturated rings. The summed E-state index contributed by atoms with van der Waals surface area (Å²) in [6.07, 6.45) is 8.94. The number of guanidine groups is 1. The van der Waals surface area contributed by atoms with Gasteiger partial charge >= 0.3 is 0 Å². The lowest BCUT2D eigenvalue weighted by molar-refractivity contribution is 0.207. The Kier molecular flexibility index (Phi) is 10.3. The first-order valence-electron chi connectivity index (χ1n) is 10.5. The van der Waals surface area contributed by atoms with E-state index >= 15 is 0 Å². The molecular formula is C22H34IN5O2. The second kappa shape index (κ2) is 12.7. The molecule has 2 aromatic rings. The van der Waals surface area contributed by atoms with E-state index in [1.165, 1.54) is 18.4 Å². The third kappa shape index (κ3) is 7.37. The second-order valence-electron chi connectivity index (χ2n) is 7.40. The molecule has 7 nitrogen and oxygen atoms in total. The van der Waals surface area contributed by atoms with Crippen LogP contribution in [0.3, 0.4) is 0 Å². The molecule has 0 radical (unpaired) electrons. The van der Waals surface area contributed by atoms with Crippen molar-refractivity contribution in [3.05, 3.63) is 41.7 Å². The van der Waals surface area contributed by atoms with Gasteiger partial charge in [-0.3, -0.25) is 4.68 Å². The van der Waals surface area contributed by atoms with Crippen molar-refractivity contribution >= 4 is 29.9 Å².